The van der Waals surface area contributed by atoms with Crippen LogP contribution in [-0.4, -0.2) is 36.6 Å². The third-order valence-electron chi connectivity index (χ3n) is 3.48. The van der Waals surface area contributed by atoms with Crippen molar-refractivity contribution >= 4 is 23.4 Å². The smallest absolute Gasteiger partial charge is 0.308 e. The lowest BCUT2D eigenvalue weighted by Gasteiger charge is -2.06. The number of ether oxygens (including phenoxy) is 1. The number of esters is 1. The number of amides is 1. The third kappa shape index (κ3) is 7.96. The van der Waals surface area contributed by atoms with Gasteiger partial charge in [0.15, 0.2) is 12.4 Å². The van der Waals surface area contributed by atoms with Gasteiger partial charge in [0.25, 0.3) is 0 Å². The van der Waals surface area contributed by atoms with E-state index in [1.807, 2.05) is 0 Å². The van der Waals surface area contributed by atoms with E-state index in [2.05, 4.69) is 5.32 Å². The number of nitrogens with two attached hydrogens (primary N) is 1. The molecule has 0 radical (unpaired) electrons. The Hall–Kier alpha value is -3.47. The normalized spacial score (nSPS) is 11.0. The number of nitrogens with one attached hydrogen (secondary N) is 1. The number of allylic oxidation sites excluding steroid dienone is 1. The maximum absolute atomic E-state index is 11.9. The van der Waals surface area contributed by atoms with Gasteiger partial charge in [-0.25, -0.2) is 0 Å². The van der Waals surface area contributed by atoms with Gasteiger partial charge in [-0.1, -0.05) is 30.3 Å². The van der Waals surface area contributed by atoms with Gasteiger partial charge in [-0.05, 0) is 6.92 Å². The number of nitriles is 1. The predicted octanol–water partition coefficient (Wildman–Crippen LogP) is 1.02. The largest absolute Gasteiger partial charge is 0.457 e. The number of hydrogen-bond donors (Lipinski definition) is 2. The second-order valence-corrected chi connectivity index (χ2v) is 5.64. The average molecular weight is 371 g/mol. The maximum Gasteiger partial charge on any atom is 0.308 e. The van der Waals surface area contributed by atoms with Gasteiger partial charge in [0.05, 0.1) is 6.42 Å². The number of rotatable bonds is 10. The van der Waals surface area contributed by atoms with Crippen LogP contribution in [0.15, 0.2) is 41.6 Å². The predicted molar refractivity (Wildman–Crippen MR) is 96.1 cm³/mol. The molecule has 1 amide bonds. The average Bonchev–Trinajstić information content (AvgIpc) is 2.65. The Morgan fingerprint density at radius 3 is 2.37 bits per heavy atom. The molecule has 27 heavy (non-hydrogen) atoms. The standard InChI is InChI=1S/C19H21N3O5/c1-13(21)15(11-20)17(24)12-27-19(26)9-10-22-18(25)8-7-16(23)14-5-3-2-4-6-14/h2-6H,7-10,12,21H2,1H3,(H,22,25)/b15-13+. The van der Waals surface area contributed by atoms with Crippen molar-refractivity contribution in [2.45, 2.75) is 26.2 Å². The van der Waals surface area contributed by atoms with E-state index in [0.29, 0.717) is 5.56 Å². The van der Waals surface area contributed by atoms with Crippen molar-refractivity contribution in [2.24, 2.45) is 5.73 Å². The van der Waals surface area contributed by atoms with Gasteiger partial charge in [0, 0.05) is 30.6 Å². The van der Waals surface area contributed by atoms with E-state index in [4.69, 9.17) is 15.7 Å². The molecular formula is C19H21N3O5. The molecule has 0 saturated carbocycles. The summed E-state index contributed by atoms with van der Waals surface area (Å²) in [6, 6.07) is 10.3. The number of Topliss-reactive ketones (excluding diaryl/α,β-unsaturated/α-hetero) is 2. The van der Waals surface area contributed by atoms with Crippen LogP contribution in [0.4, 0.5) is 0 Å². The van der Waals surface area contributed by atoms with Gasteiger partial charge in [0.2, 0.25) is 11.7 Å². The molecule has 0 aliphatic carbocycles. The molecule has 1 rings (SSSR count). The highest BCUT2D eigenvalue weighted by Gasteiger charge is 2.14. The number of carbonyl (C=O) groups excluding carboxylic acids is 4. The summed E-state index contributed by atoms with van der Waals surface area (Å²) in [6.45, 7) is 0.828. The summed E-state index contributed by atoms with van der Waals surface area (Å²) >= 11 is 0. The second-order valence-electron chi connectivity index (χ2n) is 5.64. The van der Waals surface area contributed by atoms with Gasteiger partial charge in [-0.2, -0.15) is 5.26 Å². The van der Waals surface area contributed by atoms with Crippen molar-refractivity contribution in [3.63, 3.8) is 0 Å². The maximum atomic E-state index is 11.9. The highest BCUT2D eigenvalue weighted by atomic mass is 16.5. The van der Waals surface area contributed by atoms with Crippen LogP contribution in [0.5, 0.6) is 0 Å². The molecular weight excluding hydrogens is 350 g/mol. The Kier molecular flexibility index (Phi) is 8.95. The Morgan fingerprint density at radius 2 is 1.78 bits per heavy atom. The van der Waals surface area contributed by atoms with E-state index >= 15 is 0 Å². The summed E-state index contributed by atoms with van der Waals surface area (Å²) in [6.07, 6.45) is -0.0667. The third-order valence-corrected chi connectivity index (χ3v) is 3.48. The van der Waals surface area contributed by atoms with E-state index in [-0.39, 0.29) is 48.8 Å². The highest BCUT2D eigenvalue weighted by molar-refractivity contribution is 6.01. The molecule has 0 spiro atoms. The first-order valence-electron chi connectivity index (χ1n) is 8.25. The molecule has 0 saturated heterocycles. The number of ketones is 2. The summed E-state index contributed by atoms with van der Waals surface area (Å²) < 4.78 is 4.74. The molecule has 0 fully saturated rings. The number of carbonyl (C=O) groups is 4. The van der Waals surface area contributed by atoms with Gasteiger partial charge in [-0.15, -0.1) is 0 Å². The quantitative estimate of drug-likeness (QED) is 0.271. The minimum absolute atomic E-state index is 0.00730. The second kappa shape index (κ2) is 11.2. The Balaban J connectivity index is 2.25. The van der Waals surface area contributed by atoms with Crippen LogP contribution in [0.25, 0.3) is 0 Å². The molecule has 8 nitrogen and oxygen atoms in total. The van der Waals surface area contributed by atoms with Crippen LogP contribution in [0, 0.1) is 11.3 Å². The molecule has 0 unspecified atom stereocenters. The Labute approximate surface area is 157 Å². The van der Waals surface area contributed by atoms with Gasteiger partial charge in [-0.3, -0.25) is 19.2 Å². The molecule has 0 heterocycles. The number of nitrogens with zero attached hydrogens (tertiary/aromatic N) is 1. The molecule has 0 aliphatic heterocycles. The van der Waals surface area contributed by atoms with E-state index < -0.39 is 18.4 Å². The first kappa shape index (κ1) is 21.6. The highest BCUT2D eigenvalue weighted by Crippen LogP contribution is 2.05. The van der Waals surface area contributed by atoms with E-state index in [1.54, 1.807) is 36.4 Å². The van der Waals surface area contributed by atoms with Crippen LogP contribution in [0.3, 0.4) is 0 Å². The zero-order valence-corrected chi connectivity index (χ0v) is 15.0. The first-order valence-corrected chi connectivity index (χ1v) is 8.25. The molecule has 0 bridgehead atoms. The number of benzene rings is 1. The minimum Gasteiger partial charge on any atom is -0.457 e. The summed E-state index contributed by atoms with van der Waals surface area (Å²) in [5.74, 6) is -1.89. The molecule has 3 N–H and O–H groups in total. The van der Waals surface area contributed by atoms with Gasteiger partial charge in [0.1, 0.15) is 11.6 Å². The Morgan fingerprint density at radius 1 is 1.11 bits per heavy atom. The van der Waals surface area contributed by atoms with Crippen molar-refractivity contribution in [2.75, 3.05) is 13.2 Å². The van der Waals surface area contributed by atoms with Crippen LogP contribution >= 0.6 is 0 Å². The lowest BCUT2D eigenvalue weighted by atomic mass is 10.1. The van der Waals surface area contributed by atoms with E-state index in [0.717, 1.165) is 0 Å². The lowest BCUT2D eigenvalue weighted by Crippen LogP contribution is -2.27. The first-order chi connectivity index (χ1) is 12.8. The zero-order valence-electron chi connectivity index (χ0n) is 15.0. The van der Waals surface area contributed by atoms with Crippen molar-refractivity contribution in [1.82, 2.24) is 5.32 Å². The molecule has 0 atom stereocenters. The summed E-state index contributed by atoms with van der Waals surface area (Å²) in [5.41, 5.74) is 5.72. The van der Waals surface area contributed by atoms with E-state index in [9.17, 15) is 19.2 Å². The van der Waals surface area contributed by atoms with E-state index in [1.165, 1.54) is 6.92 Å². The van der Waals surface area contributed by atoms with Crippen LogP contribution in [-0.2, 0) is 19.1 Å². The van der Waals surface area contributed by atoms with Crippen LogP contribution in [0.2, 0.25) is 0 Å². The van der Waals surface area contributed by atoms with Crippen molar-refractivity contribution in [1.29, 1.82) is 5.26 Å². The zero-order chi connectivity index (χ0) is 20.2. The summed E-state index contributed by atoms with van der Waals surface area (Å²) in [4.78, 5) is 46.8. The molecule has 0 aromatic heterocycles. The topological polar surface area (TPSA) is 139 Å². The van der Waals surface area contributed by atoms with Gasteiger partial charge >= 0.3 is 5.97 Å². The molecule has 142 valence electrons. The van der Waals surface area contributed by atoms with Crippen molar-refractivity contribution in [3.05, 3.63) is 47.2 Å². The molecule has 0 aliphatic rings. The SMILES string of the molecule is C/C(N)=C(/C#N)C(=O)COC(=O)CCNC(=O)CCC(=O)c1ccccc1. The lowest BCUT2D eigenvalue weighted by molar-refractivity contribution is -0.147. The number of hydrogen-bond acceptors (Lipinski definition) is 7. The van der Waals surface area contributed by atoms with Gasteiger partial charge < -0.3 is 15.8 Å². The fraction of sp³-hybridized carbons (Fsp3) is 0.316. The minimum atomic E-state index is -0.698. The summed E-state index contributed by atoms with van der Waals surface area (Å²) in [5, 5.41) is 11.3. The van der Waals surface area contributed by atoms with Crippen LogP contribution in [0.1, 0.15) is 36.5 Å². The Bertz CT molecular complexity index is 774. The monoisotopic (exact) mass is 371 g/mol. The molecule has 1 aromatic rings. The fourth-order valence-electron chi connectivity index (χ4n) is 2.05. The molecule has 1 aromatic carbocycles. The summed E-state index contributed by atoms with van der Waals surface area (Å²) in [7, 11) is 0. The van der Waals surface area contributed by atoms with Crippen LogP contribution < -0.4 is 11.1 Å². The fourth-order valence-corrected chi connectivity index (χ4v) is 2.05. The van der Waals surface area contributed by atoms with Crippen molar-refractivity contribution in [3.8, 4) is 6.07 Å². The van der Waals surface area contributed by atoms with Crippen molar-refractivity contribution < 1.29 is 23.9 Å². The molecule has 8 heteroatoms.